The van der Waals surface area contributed by atoms with Gasteiger partial charge in [-0.15, -0.1) is 11.8 Å². The number of rotatable bonds is 5. The van der Waals surface area contributed by atoms with Crippen LogP contribution in [-0.2, 0) is 0 Å². The van der Waals surface area contributed by atoms with Crippen LogP contribution in [0, 0.1) is 11.3 Å². The Kier molecular flexibility index (Phi) is 4.18. The van der Waals surface area contributed by atoms with Gasteiger partial charge in [-0.3, -0.25) is 4.90 Å². The second-order valence-electron chi connectivity index (χ2n) is 5.58. The summed E-state index contributed by atoms with van der Waals surface area (Å²) in [5.74, 6) is 0.997. The minimum Gasteiger partial charge on any atom is -0.380 e. The number of nitriles is 1. The lowest BCUT2D eigenvalue weighted by atomic mass is 10.1. The van der Waals surface area contributed by atoms with Crippen molar-refractivity contribution in [2.75, 3.05) is 24.2 Å². The van der Waals surface area contributed by atoms with Crippen LogP contribution in [0.25, 0.3) is 0 Å². The molecule has 1 atom stereocenters. The van der Waals surface area contributed by atoms with Crippen molar-refractivity contribution in [2.24, 2.45) is 0 Å². The lowest BCUT2D eigenvalue weighted by Crippen LogP contribution is -2.28. The lowest BCUT2D eigenvalue weighted by molar-refractivity contribution is 0.326. The van der Waals surface area contributed by atoms with E-state index in [1.54, 1.807) is 11.8 Å². The second-order valence-corrected chi connectivity index (χ2v) is 6.89. The van der Waals surface area contributed by atoms with Crippen molar-refractivity contribution >= 4 is 17.4 Å². The summed E-state index contributed by atoms with van der Waals surface area (Å²) >= 11 is 1.74. The fourth-order valence-electron chi connectivity index (χ4n) is 2.94. The van der Waals surface area contributed by atoms with Crippen LogP contribution in [0.15, 0.2) is 23.1 Å². The van der Waals surface area contributed by atoms with Gasteiger partial charge in [-0.05, 0) is 37.1 Å². The molecule has 1 saturated heterocycles. The minimum absolute atomic E-state index is 0.490. The third-order valence-corrected chi connectivity index (χ3v) is 5.02. The zero-order chi connectivity index (χ0) is 13.9. The van der Waals surface area contributed by atoms with Crippen LogP contribution in [0.1, 0.15) is 31.7 Å². The van der Waals surface area contributed by atoms with E-state index >= 15 is 0 Å². The summed E-state index contributed by atoms with van der Waals surface area (Å²) in [7, 11) is 0. The van der Waals surface area contributed by atoms with Gasteiger partial charge in [-0.2, -0.15) is 5.26 Å². The van der Waals surface area contributed by atoms with E-state index in [0.29, 0.717) is 6.04 Å². The highest BCUT2D eigenvalue weighted by atomic mass is 32.2. The first-order chi connectivity index (χ1) is 9.81. The van der Waals surface area contributed by atoms with Crippen molar-refractivity contribution in [1.82, 2.24) is 4.90 Å². The number of hydrogen-bond donors (Lipinski definition) is 1. The largest absolute Gasteiger partial charge is 0.380 e. The number of nitrogens with zero attached hydrogens (tertiary/aromatic N) is 2. The Hall–Kier alpha value is -1.18. The molecular formula is C16H21N3S. The maximum atomic E-state index is 9.44. The molecule has 2 fully saturated rings. The monoisotopic (exact) mass is 287 g/mol. The Morgan fingerprint density at radius 3 is 2.95 bits per heavy atom. The Bertz CT molecular complexity index is 519. The summed E-state index contributed by atoms with van der Waals surface area (Å²) in [6, 6.07) is 9.84. The fourth-order valence-corrected chi connectivity index (χ4v) is 3.72. The zero-order valence-electron chi connectivity index (χ0n) is 11.9. The third-order valence-electron chi connectivity index (χ3n) is 4.08. The van der Waals surface area contributed by atoms with E-state index in [1.165, 1.54) is 25.8 Å². The Morgan fingerprint density at radius 1 is 1.40 bits per heavy atom. The van der Waals surface area contributed by atoms with E-state index in [0.717, 1.165) is 34.5 Å². The summed E-state index contributed by atoms with van der Waals surface area (Å²) < 4.78 is 0. The summed E-state index contributed by atoms with van der Waals surface area (Å²) in [5, 5.41) is 13.0. The van der Waals surface area contributed by atoms with Gasteiger partial charge in [0, 0.05) is 30.1 Å². The molecule has 1 aliphatic heterocycles. The molecule has 0 amide bonds. The molecule has 1 heterocycles. The molecule has 3 rings (SSSR count). The molecule has 1 saturated carbocycles. The molecule has 0 aromatic heterocycles. The van der Waals surface area contributed by atoms with Crippen LogP contribution >= 0.6 is 11.8 Å². The van der Waals surface area contributed by atoms with Crippen molar-refractivity contribution < 1.29 is 0 Å². The van der Waals surface area contributed by atoms with Gasteiger partial charge >= 0.3 is 0 Å². The summed E-state index contributed by atoms with van der Waals surface area (Å²) in [5.41, 5.74) is 1.82. The van der Waals surface area contributed by atoms with E-state index < -0.39 is 0 Å². The van der Waals surface area contributed by atoms with E-state index in [1.807, 2.05) is 12.1 Å². The van der Waals surface area contributed by atoms with Crippen LogP contribution in [0.2, 0.25) is 0 Å². The molecule has 1 aliphatic carbocycles. The molecule has 2 aliphatic rings. The first-order valence-corrected chi connectivity index (χ1v) is 8.47. The number of benzene rings is 1. The van der Waals surface area contributed by atoms with Crippen LogP contribution in [0.5, 0.6) is 0 Å². The van der Waals surface area contributed by atoms with Gasteiger partial charge in [0.1, 0.15) is 6.07 Å². The number of anilines is 1. The van der Waals surface area contributed by atoms with Gasteiger partial charge < -0.3 is 5.32 Å². The van der Waals surface area contributed by atoms with Crippen molar-refractivity contribution in [3.8, 4) is 6.07 Å². The van der Waals surface area contributed by atoms with Gasteiger partial charge in [0.2, 0.25) is 0 Å². The van der Waals surface area contributed by atoms with E-state index in [9.17, 15) is 5.26 Å². The molecule has 20 heavy (non-hydrogen) atoms. The number of likely N-dealkylation sites (tertiary alicyclic amines) is 1. The molecule has 0 spiro atoms. The van der Waals surface area contributed by atoms with Gasteiger partial charge in [-0.1, -0.05) is 13.0 Å². The third kappa shape index (κ3) is 2.94. The van der Waals surface area contributed by atoms with Crippen molar-refractivity contribution in [3.05, 3.63) is 23.8 Å². The Labute approximate surface area is 125 Å². The number of nitrogens with one attached hydrogen (secondary N) is 1. The van der Waals surface area contributed by atoms with Crippen LogP contribution < -0.4 is 5.32 Å². The highest BCUT2D eigenvalue weighted by molar-refractivity contribution is 7.99. The molecule has 0 radical (unpaired) electrons. The quantitative estimate of drug-likeness (QED) is 0.843. The average Bonchev–Trinajstić information content (AvgIpc) is 3.20. The summed E-state index contributed by atoms with van der Waals surface area (Å²) in [6.45, 7) is 4.45. The summed E-state index contributed by atoms with van der Waals surface area (Å²) in [6.07, 6.45) is 3.93. The molecule has 1 unspecified atom stereocenters. The standard InChI is InChI=1S/C16H21N3S/c1-2-20-16-5-3-4-15(14(16)10-17)18-12-8-9-19(11-12)13-6-7-13/h3-5,12-13,18H,2,6-9,11H2,1H3. The second kappa shape index (κ2) is 6.07. The Balaban J connectivity index is 1.70. The SMILES string of the molecule is CCSc1cccc(NC2CCN(C3CC3)C2)c1C#N. The van der Waals surface area contributed by atoms with Gasteiger partial charge in [0.15, 0.2) is 0 Å². The van der Waals surface area contributed by atoms with Crippen molar-refractivity contribution in [2.45, 2.75) is 43.2 Å². The molecular weight excluding hydrogens is 266 g/mol. The average molecular weight is 287 g/mol. The maximum Gasteiger partial charge on any atom is 0.102 e. The number of hydrogen-bond acceptors (Lipinski definition) is 4. The van der Waals surface area contributed by atoms with Crippen LogP contribution in [-0.4, -0.2) is 35.8 Å². The number of thioether (sulfide) groups is 1. The molecule has 1 aromatic carbocycles. The normalized spacial score (nSPS) is 22.7. The Morgan fingerprint density at radius 2 is 2.25 bits per heavy atom. The van der Waals surface area contributed by atoms with Gasteiger partial charge in [0.05, 0.1) is 11.3 Å². The minimum atomic E-state index is 0.490. The maximum absolute atomic E-state index is 9.44. The van der Waals surface area contributed by atoms with Crippen molar-refractivity contribution in [3.63, 3.8) is 0 Å². The van der Waals surface area contributed by atoms with E-state index in [4.69, 9.17) is 0 Å². The smallest absolute Gasteiger partial charge is 0.102 e. The molecule has 0 bridgehead atoms. The first-order valence-electron chi connectivity index (χ1n) is 7.48. The zero-order valence-corrected chi connectivity index (χ0v) is 12.7. The molecule has 4 heteroatoms. The predicted molar refractivity (Wildman–Crippen MR) is 84.2 cm³/mol. The highest BCUT2D eigenvalue weighted by Gasteiger charge is 2.34. The predicted octanol–water partition coefficient (Wildman–Crippen LogP) is 3.32. The topological polar surface area (TPSA) is 39.1 Å². The molecule has 3 nitrogen and oxygen atoms in total. The van der Waals surface area contributed by atoms with Crippen LogP contribution in [0.3, 0.4) is 0 Å². The first kappa shape index (κ1) is 13.8. The fraction of sp³-hybridized carbons (Fsp3) is 0.562. The molecule has 1 aromatic rings. The highest BCUT2D eigenvalue weighted by Crippen LogP contribution is 2.32. The van der Waals surface area contributed by atoms with Gasteiger partial charge in [0.25, 0.3) is 0 Å². The van der Waals surface area contributed by atoms with Gasteiger partial charge in [-0.25, -0.2) is 0 Å². The van der Waals surface area contributed by atoms with E-state index in [2.05, 4.69) is 29.3 Å². The van der Waals surface area contributed by atoms with E-state index in [-0.39, 0.29) is 0 Å². The summed E-state index contributed by atoms with van der Waals surface area (Å²) in [4.78, 5) is 3.69. The lowest BCUT2D eigenvalue weighted by Gasteiger charge is -2.18. The van der Waals surface area contributed by atoms with Crippen molar-refractivity contribution in [1.29, 1.82) is 5.26 Å². The van der Waals surface area contributed by atoms with Crippen LogP contribution in [0.4, 0.5) is 5.69 Å². The molecule has 1 N–H and O–H groups in total. The molecule has 106 valence electrons.